The lowest BCUT2D eigenvalue weighted by atomic mass is 10.1. The number of hydrogen-bond donors (Lipinski definition) is 2. The molecule has 0 bridgehead atoms. The summed E-state index contributed by atoms with van der Waals surface area (Å²) in [7, 11) is 0. The molecule has 0 atom stereocenters. The van der Waals surface area contributed by atoms with Crippen molar-refractivity contribution in [3.8, 4) is 0 Å². The number of rotatable bonds is 2. The fraction of sp³-hybridized carbons (Fsp3) is 0. The van der Waals surface area contributed by atoms with Gasteiger partial charge in [-0.1, -0.05) is 23.2 Å². The van der Waals surface area contributed by atoms with Gasteiger partial charge in [0.25, 0.3) is 5.91 Å². The van der Waals surface area contributed by atoms with Crippen LogP contribution in [0.2, 0.25) is 10.0 Å². The summed E-state index contributed by atoms with van der Waals surface area (Å²) in [5.41, 5.74) is 4.16. The minimum Gasteiger partial charge on any atom is -0.396 e. The van der Waals surface area contributed by atoms with Crippen LogP contribution in [-0.4, -0.2) is 5.91 Å². The summed E-state index contributed by atoms with van der Waals surface area (Å²) < 4.78 is 40.1. The second kappa shape index (κ2) is 5.83. The molecule has 1 amide bonds. The molecule has 2 aromatic rings. The van der Waals surface area contributed by atoms with Crippen LogP contribution in [0.3, 0.4) is 0 Å². The second-order valence-electron chi connectivity index (χ2n) is 4.06. The molecule has 0 unspecified atom stereocenters. The van der Waals surface area contributed by atoms with Gasteiger partial charge in [0.2, 0.25) is 0 Å². The zero-order valence-electron chi connectivity index (χ0n) is 10.2. The van der Waals surface area contributed by atoms with E-state index in [9.17, 15) is 18.0 Å². The molecule has 0 spiro atoms. The average Bonchev–Trinajstić information content (AvgIpc) is 2.39. The van der Waals surface area contributed by atoms with Crippen molar-refractivity contribution in [1.29, 1.82) is 0 Å². The summed E-state index contributed by atoms with van der Waals surface area (Å²) in [6, 6.07) is 3.61. The highest BCUT2D eigenvalue weighted by atomic mass is 35.5. The van der Waals surface area contributed by atoms with Gasteiger partial charge in [-0.25, -0.2) is 13.2 Å². The first-order valence-corrected chi connectivity index (χ1v) is 6.25. The van der Waals surface area contributed by atoms with E-state index in [4.69, 9.17) is 28.9 Å². The molecule has 0 fully saturated rings. The van der Waals surface area contributed by atoms with Crippen molar-refractivity contribution in [3.63, 3.8) is 0 Å². The van der Waals surface area contributed by atoms with Crippen LogP contribution in [0.1, 0.15) is 10.4 Å². The van der Waals surface area contributed by atoms with E-state index < -0.39 is 34.6 Å². The van der Waals surface area contributed by atoms with Crippen molar-refractivity contribution in [3.05, 3.63) is 57.3 Å². The van der Waals surface area contributed by atoms with Crippen molar-refractivity contribution >= 4 is 40.5 Å². The number of carbonyl (C=O) groups is 1. The van der Waals surface area contributed by atoms with E-state index in [-0.39, 0.29) is 15.7 Å². The van der Waals surface area contributed by atoms with E-state index in [2.05, 4.69) is 5.32 Å². The fourth-order valence-corrected chi connectivity index (χ4v) is 2.09. The Morgan fingerprint density at radius 3 is 2.14 bits per heavy atom. The summed E-state index contributed by atoms with van der Waals surface area (Å²) in [6.07, 6.45) is 0. The lowest BCUT2D eigenvalue weighted by molar-refractivity contribution is 0.102. The van der Waals surface area contributed by atoms with Gasteiger partial charge in [0, 0.05) is 5.69 Å². The molecule has 0 aliphatic carbocycles. The minimum atomic E-state index is -1.06. The minimum absolute atomic E-state index is 0.0265. The number of nitrogen functional groups attached to an aromatic ring is 1. The third-order valence-electron chi connectivity index (χ3n) is 2.55. The third kappa shape index (κ3) is 3.22. The van der Waals surface area contributed by atoms with E-state index in [1.54, 1.807) is 0 Å². The van der Waals surface area contributed by atoms with E-state index >= 15 is 0 Å². The Labute approximate surface area is 127 Å². The molecular formula is C13H7Cl2F3N2O. The highest BCUT2D eigenvalue weighted by Gasteiger charge is 2.17. The molecule has 3 nitrogen and oxygen atoms in total. The smallest absolute Gasteiger partial charge is 0.258 e. The Bertz CT molecular complexity index is 715. The lowest BCUT2D eigenvalue weighted by Gasteiger charge is -2.09. The molecule has 21 heavy (non-hydrogen) atoms. The maximum atomic E-state index is 13.7. The number of nitrogens with two attached hydrogens (primary N) is 1. The Morgan fingerprint density at radius 1 is 1.00 bits per heavy atom. The van der Waals surface area contributed by atoms with Gasteiger partial charge >= 0.3 is 0 Å². The van der Waals surface area contributed by atoms with Gasteiger partial charge in [-0.2, -0.15) is 0 Å². The lowest BCUT2D eigenvalue weighted by Crippen LogP contribution is -2.15. The number of halogens is 5. The average molecular weight is 335 g/mol. The van der Waals surface area contributed by atoms with Crippen molar-refractivity contribution in [1.82, 2.24) is 0 Å². The van der Waals surface area contributed by atoms with Gasteiger partial charge < -0.3 is 11.1 Å². The Kier molecular flexibility index (Phi) is 4.29. The van der Waals surface area contributed by atoms with Gasteiger partial charge in [-0.05, 0) is 24.3 Å². The van der Waals surface area contributed by atoms with Crippen LogP contribution in [0.25, 0.3) is 0 Å². The monoisotopic (exact) mass is 334 g/mol. The Hall–Kier alpha value is -1.92. The SMILES string of the molecule is Nc1cc(F)cc(C(=O)Nc2cc(Cl)c(F)c(Cl)c2)c1F. The molecule has 0 aliphatic heterocycles. The summed E-state index contributed by atoms with van der Waals surface area (Å²) in [4.78, 5) is 11.9. The predicted octanol–water partition coefficient (Wildman–Crippen LogP) is 4.25. The number of carbonyl (C=O) groups excluding carboxylic acids is 1. The Balaban J connectivity index is 2.35. The van der Waals surface area contributed by atoms with E-state index in [0.29, 0.717) is 6.07 Å². The molecule has 110 valence electrons. The summed E-state index contributed by atoms with van der Waals surface area (Å²) in [5, 5.41) is 1.58. The highest BCUT2D eigenvalue weighted by molar-refractivity contribution is 6.35. The van der Waals surface area contributed by atoms with Crippen LogP contribution in [0.15, 0.2) is 24.3 Å². The van der Waals surface area contributed by atoms with Gasteiger partial charge in [0.05, 0.1) is 21.3 Å². The number of nitrogens with one attached hydrogen (secondary N) is 1. The maximum absolute atomic E-state index is 13.7. The van der Waals surface area contributed by atoms with Crippen molar-refractivity contribution in [2.24, 2.45) is 0 Å². The molecule has 3 N–H and O–H groups in total. The molecule has 0 saturated carbocycles. The van der Waals surface area contributed by atoms with Gasteiger partial charge in [0.1, 0.15) is 5.82 Å². The van der Waals surface area contributed by atoms with Crippen LogP contribution in [0.5, 0.6) is 0 Å². The fourth-order valence-electron chi connectivity index (χ4n) is 1.60. The summed E-state index contributed by atoms with van der Waals surface area (Å²) >= 11 is 11.1. The number of hydrogen-bond acceptors (Lipinski definition) is 2. The summed E-state index contributed by atoms with van der Waals surface area (Å²) in [5.74, 6) is -3.75. The van der Waals surface area contributed by atoms with Crippen molar-refractivity contribution in [2.75, 3.05) is 11.1 Å². The number of anilines is 2. The number of benzene rings is 2. The van der Waals surface area contributed by atoms with Crippen LogP contribution < -0.4 is 11.1 Å². The first-order valence-electron chi connectivity index (χ1n) is 5.50. The van der Waals surface area contributed by atoms with Crippen LogP contribution >= 0.6 is 23.2 Å². The van der Waals surface area contributed by atoms with E-state index in [1.165, 1.54) is 0 Å². The number of amides is 1. The van der Waals surface area contributed by atoms with Crippen molar-refractivity contribution < 1.29 is 18.0 Å². The molecule has 0 radical (unpaired) electrons. The first kappa shape index (κ1) is 15.5. The molecule has 2 rings (SSSR count). The molecule has 0 aromatic heterocycles. The second-order valence-corrected chi connectivity index (χ2v) is 4.88. The Morgan fingerprint density at radius 2 is 1.57 bits per heavy atom. The third-order valence-corrected chi connectivity index (χ3v) is 3.10. The summed E-state index contributed by atoms with van der Waals surface area (Å²) in [6.45, 7) is 0. The highest BCUT2D eigenvalue weighted by Crippen LogP contribution is 2.28. The van der Waals surface area contributed by atoms with E-state index in [1.807, 2.05) is 0 Å². The molecule has 0 aliphatic rings. The van der Waals surface area contributed by atoms with Gasteiger partial charge in [0.15, 0.2) is 11.6 Å². The normalized spacial score (nSPS) is 10.5. The zero-order valence-corrected chi connectivity index (χ0v) is 11.7. The molecule has 0 heterocycles. The zero-order chi connectivity index (χ0) is 15.7. The van der Waals surface area contributed by atoms with E-state index in [0.717, 1.165) is 18.2 Å². The molecule has 0 saturated heterocycles. The first-order chi connectivity index (χ1) is 9.79. The largest absolute Gasteiger partial charge is 0.396 e. The van der Waals surface area contributed by atoms with Gasteiger partial charge in [-0.3, -0.25) is 4.79 Å². The van der Waals surface area contributed by atoms with Gasteiger partial charge in [-0.15, -0.1) is 0 Å². The van der Waals surface area contributed by atoms with Crippen LogP contribution in [-0.2, 0) is 0 Å². The predicted molar refractivity (Wildman–Crippen MR) is 75.1 cm³/mol. The molecule has 8 heteroatoms. The van der Waals surface area contributed by atoms with Crippen LogP contribution in [0.4, 0.5) is 24.5 Å². The molecular weight excluding hydrogens is 328 g/mol. The topological polar surface area (TPSA) is 55.1 Å². The quantitative estimate of drug-likeness (QED) is 0.637. The standard InChI is InChI=1S/C13H7Cl2F3N2O/c14-8-3-6(4-9(15)12(8)18)20-13(21)7-1-5(16)2-10(19)11(7)17/h1-4H,19H2,(H,20,21). The molecule has 2 aromatic carbocycles. The van der Waals surface area contributed by atoms with Crippen LogP contribution in [0, 0.1) is 17.5 Å². The van der Waals surface area contributed by atoms with Crippen molar-refractivity contribution in [2.45, 2.75) is 0 Å². The maximum Gasteiger partial charge on any atom is 0.258 e.